The van der Waals surface area contributed by atoms with Gasteiger partial charge < -0.3 is 27.6 Å². The van der Waals surface area contributed by atoms with Crippen LogP contribution in [0.2, 0.25) is 0 Å². The summed E-state index contributed by atoms with van der Waals surface area (Å²) in [5, 5.41) is 5.77. The minimum Gasteiger partial charge on any atom is -0.595 e. The molecule has 1 aliphatic rings. The monoisotopic (exact) mass is 419 g/mol. The van der Waals surface area contributed by atoms with E-state index in [0.717, 1.165) is 0 Å². The summed E-state index contributed by atoms with van der Waals surface area (Å²) >= 11 is 1.31. The molecule has 107 valence electrons. The van der Waals surface area contributed by atoms with Gasteiger partial charge in [-0.15, -0.1) is 11.8 Å². The molecule has 2 atom stereocenters. The topological polar surface area (TPSA) is 77.3 Å². The van der Waals surface area contributed by atoms with Crippen LogP contribution in [0, 0.1) is 44.3 Å². The SMILES string of the molecule is CNC(CSC1CC(=O)[N-]C1=O)C(C)=O.[CH3-].[Lu]. The molecule has 1 rings (SSSR count). The molecule has 17 heavy (non-hydrogen) atoms. The minimum atomic E-state index is -0.396. The van der Waals surface area contributed by atoms with Gasteiger partial charge >= 0.3 is 0 Å². The third kappa shape index (κ3) is 6.18. The average Bonchev–Trinajstić information content (AvgIpc) is 2.45. The van der Waals surface area contributed by atoms with Crippen molar-refractivity contribution in [3.05, 3.63) is 12.7 Å². The molecule has 0 spiro atoms. The number of rotatable bonds is 5. The molecule has 1 fully saturated rings. The van der Waals surface area contributed by atoms with Crippen LogP contribution in [0.5, 0.6) is 0 Å². The molecule has 1 heterocycles. The number of nitrogens with zero attached hydrogens (tertiary/aromatic N) is 1. The molecular formula is C10H16LuN2O3S-2. The number of carbonyl (C=O) groups excluding carboxylic acids is 3. The summed E-state index contributed by atoms with van der Waals surface area (Å²) in [5.41, 5.74) is 0. The number of likely N-dealkylation sites (N-methyl/N-ethyl adjacent to an activating group) is 1. The first kappa shape index (κ1) is 19.7. The van der Waals surface area contributed by atoms with E-state index in [1.54, 1.807) is 7.05 Å². The van der Waals surface area contributed by atoms with Gasteiger partial charge in [0.2, 0.25) is 0 Å². The van der Waals surface area contributed by atoms with Crippen LogP contribution < -0.4 is 5.32 Å². The van der Waals surface area contributed by atoms with Gasteiger partial charge in [-0.3, -0.25) is 4.79 Å². The Morgan fingerprint density at radius 3 is 2.53 bits per heavy atom. The number of ketones is 1. The van der Waals surface area contributed by atoms with Crippen LogP contribution in [-0.4, -0.2) is 41.7 Å². The van der Waals surface area contributed by atoms with Gasteiger partial charge in [-0.05, 0) is 14.0 Å². The van der Waals surface area contributed by atoms with Crippen LogP contribution in [0.1, 0.15) is 13.3 Å². The molecule has 1 aliphatic heterocycles. The predicted octanol–water partition coefficient (Wildman–Crippen LogP) is 0.546. The molecule has 0 aliphatic carbocycles. The first-order valence-electron chi connectivity index (χ1n) is 4.62. The summed E-state index contributed by atoms with van der Waals surface area (Å²) in [6.07, 6.45) is 0.165. The van der Waals surface area contributed by atoms with E-state index in [2.05, 4.69) is 10.6 Å². The maximum atomic E-state index is 11.1. The number of amides is 2. The summed E-state index contributed by atoms with van der Waals surface area (Å²) in [6.45, 7) is 1.49. The Kier molecular flexibility index (Phi) is 10.8. The zero-order chi connectivity index (χ0) is 11.4. The fourth-order valence-electron chi connectivity index (χ4n) is 1.23. The van der Waals surface area contributed by atoms with E-state index in [4.69, 9.17) is 0 Å². The van der Waals surface area contributed by atoms with Crippen molar-refractivity contribution in [2.45, 2.75) is 24.6 Å². The van der Waals surface area contributed by atoms with E-state index in [-0.39, 0.29) is 74.4 Å². The molecule has 2 unspecified atom stereocenters. The largest absolute Gasteiger partial charge is 0.595 e. The smallest absolute Gasteiger partial charge is 0.147 e. The zero-order valence-corrected chi connectivity index (χ0v) is 12.4. The molecule has 1 N–H and O–H groups in total. The molecular weight excluding hydrogens is 403 g/mol. The maximum Gasteiger partial charge on any atom is 0.147 e. The normalized spacial score (nSPS) is 20.0. The molecule has 0 aromatic rings. The Hall–Kier alpha value is 0.354. The van der Waals surface area contributed by atoms with Crippen molar-refractivity contribution in [2.75, 3.05) is 12.8 Å². The van der Waals surface area contributed by atoms with E-state index in [0.29, 0.717) is 5.75 Å². The van der Waals surface area contributed by atoms with E-state index in [1.807, 2.05) is 0 Å². The molecule has 0 saturated carbocycles. The number of imide groups is 1. The van der Waals surface area contributed by atoms with Gasteiger partial charge in [0.25, 0.3) is 0 Å². The molecule has 0 bridgehead atoms. The molecule has 5 nitrogen and oxygen atoms in total. The average molecular weight is 419 g/mol. The van der Waals surface area contributed by atoms with Gasteiger partial charge in [0, 0.05) is 49.0 Å². The number of hydrogen-bond donors (Lipinski definition) is 1. The fraction of sp³-hybridized carbons (Fsp3) is 0.600. The quantitative estimate of drug-likeness (QED) is 0.520. The fourth-order valence-corrected chi connectivity index (χ4v) is 2.51. The van der Waals surface area contributed by atoms with Crippen molar-refractivity contribution in [3.63, 3.8) is 0 Å². The van der Waals surface area contributed by atoms with Crippen LogP contribution in [0.15, 0.2) is 0 Å². The molecule has 1 saturated heterocycles. The molecule has 0 aromatic carbocycles. The minimum absolute atomic E-state index is 0. The summed E-state index contributed by atoms with van der Waals surface area (Å²) in [7, 11) is 1.69. The van der Waals surface area contributed by atoms with Gasteiger partial charge in [-0.25, -0.2) is 0 Å². The standard InChI is InChI=1S/C9H14N2O3S.CH3.Lu/c1-5(12)6(10-2)4-15-7-3-8(13)11-9(7)14;;/h6-7,10H,3-4H2,1-2H3,(H,11,13,14);1H3;/q;-1;/p-1. The third-order valence-corrected chi connectivity index (χ3v) is 3.47. The van der Waals surface area contributed by atoms with Crippen molar-refractivity contribution in [1.29, 1.82) is 0 Å². The van der Waals surface area contributed by atoms with E-state index < -0.39 is 5.25 Å². The number of hydrogen-bond acceptors (Lipinski definition) is 5. The van der Waals surface area contributed by atoms with Crippen molar-refractivity contribution in [1.82, 2.24) is 5.32 Å². The second-order valence-corrected chi connectivity index (χ2v) is 4.56. The summed E-state index contributed by atoms with van der Waals surface area (Å²) in [6, 6.07) is -0.265. The van der Waals surface area contributed by atoms with Crippen LogP contribution in [0.4, 0.5) is 0 Å². The Morgan fingerprint density at radius 2 is 2.18 bits per heavy atom. The first-order chi connectivity index (χ1) is 7.04. The molecule has 1 radical (unpaired) electrons. The van der Waals surface area contributed by atoms with Crippen molar-refractivity contribution >= 4 is 29.4 Å². The maximum absolute atomic E-state index is 11.1. The number of Topliss-reactive ketones (excluding diaryl/α,β-unsaturated/α-hetero) is 1. The Labute approximate surface area is 135 Å². The zero-order valence-electron chi connectivity index (χ0n) is 9.91. The van der Waals surface area contributed by atoms with Crippen molar-refractivity contribution in [2.24, 2.45) is 0 Å². The second-order valence-electron chi connectivity index (χ2n) is 3.32. The molecule has 0 aromatic heterocycles. The third-order valence-electron chi connectivity index (χ3n) is 2.17. The van der Waals surface area contributed by atoms with Gasteiger partial charge in [0.15, 0.2) is 0 Å². The number of nitrogens with one attached hydrogen (secondary N) is 1. The number of thioether (sulfide) groups is 1. The molecule has 7 heteroatoms. The van der Waals surface area contributed by atoms with Crippen molar-refractivity contribution < 1.29 is 51.3 Å². The van der Waals surface area contributed by atoms with Gasteiger partial charge in [0.05, 0.1) is 23.1 Å². The van der Waals surface area contributed by atoms with Crippen LogP contribution in [0.3, 0.4) is 0 Å². The van der Waals surface area contributed by atoms with E-state index in [9.17, 15) is 14.4 Å². The Bertz CT molecular complexity index is 299. The van der Waals surface area contributed by atoms with E-state index in [1.165, 1.54) is 18.7 Å². The summed E-state index contributed by atoms with van der Waals surface area (Å²) in [5.74, 6) is -0.214. The van der Waals surface area contributed by atoms with Crippen molar-refractivity contribution in [3.8, 4) is 0 Å². The second kappa shape index (κ2) is 9.31. The predicted molar refractivity (Wildman–Crippen MR) is 64.2 cm³/mol. The van der Waals surface area contributed by atoms with Gasteiger partial charge in [0.1, 0.15) is 5.78 Å². The summed E-state index contributed by atoms with van der Waals surface area (Å²) in [4.78, 5) is 33.0. The van der Waals surface area contributed by atoms with Crippen LogP contribution >= 0.6 is 11.8 Å². The Balaban J connectivity index is 0. The van der Waals surface area contributed by atoms with E-state index >= 15 is 0 Å². The van der Waals surface area contributed by atoms with Gasteiger partial charge in [-0.2, -0.15) is 0 Å². The van der Waals surface area contributed by atoms with Crippen LogP contribution in [-0.2, 0) is 14.4 Å². The molecule has 2 amide bonds. The van der Waals surface area contributed by atoms with Gasteiger partial charge in [-0.1, -0.05) is 0 Å². The first-order valence-corrected chi connectivity index (χ1v) is 5.67. The Morgan fingerprint density at radius 1 is 1.59 bits per heavy atom. The van der Waals surface area contributed by atoms with Crippen LogP contribution in [0.25, 0.3) is 5.32 Å². The number of carbonyl (C=O) groups is 3. The summed E-state index contributed by atoms with van der Waals surface area (Å²) < 4.78 is 0.